The average Bonchev–Trinajstić information content (AvgIpc) is 3.08. The number of allylic oxidation sites excluding steroid dienone is 1. The van der Waals surface area contributed by atoms with Crippen LogP contribution in [0.25, 0.3) is 6.08 Å². The predicted molar refractivity (Wildman–Crippen MR) is 133 cm³/mol. The molecule has 0 unspecified atom stereocenters. The summed E-state index contributed by atoms with van der Waals surface area (Å²) in [5, 5.41) is 0. The average molecular weight is 560 g/mol. The Kier molecular flexibility index (Phi) is 6.61. The second-order valence-corrected chi connectivity index (χ2v) is 9.28. The number of thiazole rings is 1. The Morgan fingerprint density at radius 3 is 2.66 bits per heavy atom. The van der Waals surface area contributed by atoms with Gasteiger partial charge < -0.3 is 9.47 Å². The second kappa shape index (κ2) is 9.41. The third-order valence-electron chi connectivity index (χ3n) is 5.11. The molecule has 4 rings (SSSR count). The van der Waals surface area contributed by atoms with Crippen molar-refractivity contribution < 1.29 is 14.3 Å². The van der Waals surface area contributed by atoms with Crippen LogP contribution in [-0.2, 0) is 9.53 Å². The SMILES string of the molecule is CCOC(=O)C1=C(C)N=c2s/c(=C\c3ccc(OC)c(I)c3)c(=O)n2[C@H]1c1ccccc1. The van der Waals surface area contributed by atoms with Gasteiger partial charge in [-0.1, -0.05) is 47.7 Å². The molecule has 0 saturated carbocycles. The molecular weight excluding hydrogens is 539 g/mol. The molecule has 0 N–H and O–H groups in total. The van der Waals surface area contributed by atoms with Gasteiger partial charge in [-0.05, 0) is 65.8 Å². The van der Waals surface area contributed by atoms with Crippen molar-refractivity contribution in [2.45, 2.75) is 19.9 Å². The smallest absolute Gasteiger partial charge is 0.338 e. The van der Waals surface area contributed by atoms with Crippen LogP contribution in [0.4, 0.5) is 0 Å². The Balaban J connectivity index is 1.92. The van der Waals surface area contributed by atoms with Gasteiger partial charge in [0.1, 0.15) is 5.75 Å². The van der Waals surface area contributed by atoms with Crippen LogP contribution in [0.2, 0.25) is 0 Å². The third-order valence-corrected chi connectivity index (χ3v) is 6.93. The zero-order chi connectivity index (χ0) is 22.8. The zero-order valence-electron chi connectivity index (χ0n) is 17.8. The van der Waals surface area contributed by atoms with Gasteiger partial charge >= 0.3 is 5.97 Å². The van der Waals surface area contributed by atoms with E-state index in [0.717, 1.165) is 20.4 Å². The number of esters is 1. The first kappa shape index (κ1) is 22.5. The Morgan fingerprint density at radius 2 is 2.00 bits per heavy atom. The van der Waals surface area contributed by atoms with Crippen molar-refractivity contribution in [3.8, 4) is 5.75 Å². The maximum atomic E-state index is 13.5. The molecule has 32 heavy (non-hydrogen) atoms. The van der Waals surface area contributed by atoms with Crippen molar-refractivity contribution in [2.24, 2.45) is 4.99 Å². The Morgan fingerprint density at radius 1 is 1.25 bits per heavy atom. The molecule has 0 fully saturated rings. The van der Waals surface area contributed by atoms with Gasteiger partial charge in [-0.15, -0.1) is 0 Å². The highest BCUT2D eigenvalue weighted by Crippen LogP contribution is 2.30. The number of aromatic nitrogens is 1. The van der Waals surface area contributed by atoms with Crippen LogP contribution in [0.5, 0.6) is 5.75 Å². The molecule has 164 valence electrons. The molecule has 6 nitrogen and oxygen atoms in total. The fourth-order valence-corrected chi connectivity index (χ4v) is 5.47. The molecular formula is C24H21IN2O4S. The van der Waals surface area contributed by atoms with Crippen molar-refractivity contribution in [3.63, 3.8) is 0 Å². The molecule has 1 aliphatic heterocycles. The second-order valence-electron chi connectivity index (χ2n) is 7.11. The number of hydrogen-bond donors (Lipinski definition) is 0. The largest absolute Gasteiger partial charge is 0.496 e. The molecule has 2 aromatic carbocycles. The molecule has 0 bridgehead atoms. The van der Waals surface area contributed by atoms with Gasteiger partial charge in [0.05, 0.1) is 39.1 Å². The number of methoxy groups -OCH3 is 1. The van der Waals surface area contributed by atoms with E-state index in [1.807, 2.05) is 54.6 Å². The molecule has 0 aliphatic carbocycles. The highest BCUT2D eigenvalue weighted by atomic mass is 127. The summed E-state index contributed by atoms with van der Waals surface area (Å²) < 4.78 is 13.7. The number of hydrogen-bond acceptors (Lipinski definition) is 6. The van der Waals surface area contributed by atoms with E-state index in [2.05, 4.69) is 27.6 Å². The van der Waals surface area contributed by atoms with E-state index in [0.29, 0.717) is 20.6 Å². The molecule has 3 aromatic rings. The summed E-state index contributed by atoms with van der Waals surface area (Å²) in [7, 11) is 1.63. The number of carbonyl (C=O) groups is 1. The van der Waals surface area contributed by atoms with Crippen LogP contribution in [0, 0.1) is 3.57 Å². The van der Waals surface area contributed by atoms with Crippen LogP contribution in [0.3, 0.4) is 0 Å². The number of rotatable bonds is 5. The molecule has 0 amide bonds. The van der Waals surface area contributed by atoms with E-state index < -0.39 is 12.0 Å². The molecule has 2 heterocycles. The van der Waals surface area contributed by atoms with Gasteiger partial charge in [-0.2, -0.15) is 0 Å². The molecule has 1 aromatic heterocycles. The fourth-order valence-electron chi connectivity index (χ4n) is 3.67. The van der Waals surface area contributed by atoms with Crippen molar-refractivity contribution in [3.05, 3.63) is 94.2 Å². The number of halogens is 1. The molecule has 0 spiro atoms. The number of nitrogens with zero attached hydrogens (tertiary/aromatic N) is 2. The monoisotopic (exact) mass is 560 g/mol. The van der Waals surface area contributed by atoms with Crippen LogP contribution in [0.15, 0.2) is 69.6 Å². The Hall–Kier alpha value is -2.72. The van der Waals surface area contributed by atoms with Gasteiger partial charge in [-0.3, -0.25) is 9.36 Å². The van der Waals surface area contributed by atoms with Gasteiger partial charge in [0, 0.05) is 0 Å². The van der Waals surface area contributed by atoms with Crippen molar-refractivity contribution >= 4 is 46.0 Å². The summed E-state index contributed by atoms with van der Waals surface area (Å²) in [4.78, 5) is 31.5. The van der Waals surface area contributed by atoms with Crippen molar-refractivity contribution in [1.82, 2.24) is 4.57 Å². The minimum atomic E-state index is -0.593. The number of benzene rings is 2. The lowest BCUT2D eigenvalue weighted by Gasteiger charge is -2.24. The summed E-state index contributed by atoms with van der Waals surface area (Å²) in [6, 6.07) is 14.6. The van der Waals surface area contributed by atoms with Crippen molar-refractivity contribution in [2.75, 3.05) is 13.7 Å². The zero-order valence-corrected chi connectivity index (χ0v) is 20.8. The maximum Gasteiger partial charge on any atom is 0.338 e. The molecule has 0 saturated heterocycles. The first-order valence-corrected chi connectivity index (χ1v) is 11.9. The summed E-state index contributed by atoms with van der Waals surface area (Å²) in [5.41, 5.74) is 2.47. The minimum absolute atomic E-state index is 0.192. The van der Waals surface area contributed by atoms with Crippen LogP contribution < -0.4 is 19.6 Å². The number of fused-ring (bicyclic) bond motifs is 1. The van der Waals surface area contributed by atoms with E-state index in [9.17, 15) is 9.59 Å². The topological polar surface area (TPSA) is 69.9 Å². The van der Waals surface area contributed by atoms with Gasteiger partial charge in [-0.25, -0.2) is 9.79 Å². The number of carbonyl (C=O) groups excluding carboxylic acids is 1. The molecule has 8 heteroatoms. The highest BCUT2D eigenvalue weighted by molar-refractivity contribution is 14.1. The lowest BCUT2D eigenvalue weighted by molar-refractivity contribution is -0.139. The summed E-state index contributed by atoms with van der Waals surface area (Å²) in [5.74, 6) is 0.324. The lowest BCUT2D eigenvalue weighted by atomic mass is 9.96. The minimum Gasteiger partial charge on any atom is -0.496 e. The van der Waals surface area contributed by atoms with E-state index in [-0.39, 0.29) is 12.2 Å². The van der Waals surface area contributed by atoms with Crippen LogP contribution in [-0.4, -0.2) is 24.3 Å². The third kappa shape index (κ3) is 4.16. The van der Waals surface area contributed by atoms with Gasteiger partial charge in [0.2, 0.25) is 0 Å². The quantitative estimate of drug-likeness (QED) is 0.355. The maximum absolute atomic E-state index is 13.5. The van der Waals surface area contributed by atoms with Gasteiger partial charge in [0.15, 0.2) is 4.80 Å². The van der Waals surface area contributed by atoms with E-state index >= 15 is 0 Å². The first-order valence-electron chi connectivity index (χ1n) is 10.0. The van der Waals surface area contributed by atoms with E-state index in [1.165, 1.54) is 11.3 Å². The normalized spacial score (nSPS) is 15.9. The summed E-state index contributed by atoms with van der Waals surface area (Å²) >= 11 is 3.51. The molecule has 1 atom stereocenters. The fraction of sp³-hybridized carbons (Fsp3) is 0.208. The number of ether oxygens (including phenoxy) is 2. The van der Waals surface area contributed by atoms with Crippen LogP contribution >= 0.6 is 33.9 Å². The first-order chi connectivity index (χ1) is 15.4. The summed E-state index contributed by atoms with van der Waals surface area (Å²) in [6.07, 6.45) is 1.84. The lowest BCUT2D eigenvalue weighted by Crippen LogP contribution is -2.39. The molecule has 1 aliphatic rings. The van der Waals surface area contributed by atoms with Crippen LogP contribution in [0.1, 0.15) is 31.0 Å². The summed E-state index contributed by atoms with van der Waals surface area (Å²) in [6.45, 7) is 3.79. The molecule has 0 radical (unpaired) electrons. The van der Waals surface area contributed by atoms with E-state index in [4.69, 9.17) is 9.47 Å². The Labute approximate surface area is 202 Å². The van der Waals surface area contributed by atoms with Gasteiger partial charge in [0.25, 0.3) is 5.56 Å². The van der Waals surface area contributed by atoms with Crippen molar-refractivity contribution in [1.29, 1.82) is 0 Å². The highest BCUT2D eigenvalue weighted by Gasteiger charge is 2.33. The standard InChI is InChI=1S/C24H21IN2O4S/c1-4-31-23(29)20-14(2)26-24-27(21(20)16-8-6-5-7-9-16)22(28)19(32-24)13-15-10-11-18(30-3)17(25)12-15/h5-13,21H,4H2,1-3H3/b19-13-/t21-/m0/s1. The predicted octanol–water partition coefficient (Wildman–Crippen LogP) is 3.41. The Bertz CT molecular complexity index is 1390. The van der Waals surface area contributed by atoms with E-state index in [1.54, 1.807) is 25.5 Å².